The Morgan fingerprint density at radius 1 is 1.44 bits per heavy atom. The van der Waals surface area contributed by atoms with Gasteiger partial charge in [-0.05, 0) is 24.6 Å². The zero-order chi connectivity index (χ0) is 11.4. The van der Waals surface area contributed by atoms with Gasteiger partial charge in [-0.1, -0.05) is 0 Å². The van der Waals surface area contributed by atoms with Crippen molar-refractivity contribution in [3.8, 4) is 11.5 Å². The van der Waals surface area contributed by atoms with E-state index < -0.39 is 0 Å². The van der Waals surface area contributed by atoms with Gasteiger partial charge < -0.3 is 14.2 Å². The average Bonchev–Trinajstić information content (AvgIpc) is 2.82. The Morgan fingerprint density at radius 3 is 2.94 bits per heavy atom. The number of ether oxygens (including phenoxy) is 3. The number of carbonyl (C=O) groups excluding carboxylic acids is 1. The fourth-order valence-corrected chi connectivity index (χ4v) is 1.64. The summed E-state index contributed by atoms with van der Waals surface area (Å²) in [5.41, 5.74) is 0.564. The summed E-state index contributed by atoms with van der Waals surface area (Å²) in [5.74, 6) is 1.17. The zero-order valence-corrected chi connectivity index (χ0v) is 9.14. The maximum Gasteiger partial charge on any atom is 0.200 e. The van der Waals surface area contributed by atoms with Gasteiger partial charge in [0.25, 0.3) is 0 Å². The van der Waals surface area contributed by atoms with Crippen LogP contribution < -0.4 is 9.47 Å². The van der Waals surface area contributed by atoms with E-state index in [0.29, 0.717) is 17.1 Å². The number of hydrogen-bond acceptors (Lipinski definition) is 4. The van der Waals surface area contributed by atoms with Crippen LogP contribution in [0.3, 0.4) is 0 Å². The minimum atomic E-state index is -0.226. The van der Waals surface area contributed by atoms with Crippen molar-refractivity contribution in [2.24, 2.45) is 0 Å². The van der Waals surface area contributed by atoms with E-state index in [0.717, 1.165) is 25.7 Å². The highest BCUT2D eigenvalue weighted by Gasteiger charge is 2.18. The van der Waals surface area contributed by atoms with E-state index in [-0.39, 0.29) is 6.29 Å². The molecule has 0 bridgehead atoms. The molecule has 1 aliphatic heterocycles. The first-order valence-corrected chi connectivity index (χ1v) is 5.25. The van der Waals surface area contributed by atoms with Gasteiger partial charge in [0.05, 0.1) is 13.7 Å². The van der Waals surface area contributed by atoms with E-state index >= 15 is 0 Å². The van der Waals surface area contributed by atoms with Gasteiger partial charge in [-0.15, -0.1) is 0 Å². The Hall–Kier alpha value is -1.55. The molecule has 0 saturated carbocycles. The normalized spacial score (nSPS) is 19.4. The third-order valence-corrected chi connectivity index (χ3v) is 2.47. The molecule has 4 heteroatoms. The van der Waals surface area contributed by atoms with E-state index in [1.807, 2.05) is 0 Å². The molecule has 0 aliphatic carbocycles. The van der Waals surface area contributed by atoms with E-state index in [1.54, 1.807) is 25.3 Å². The van der Waals surface area contributed by atoms with Crippen LogP contribution in [0, 0.1) is 0 Å². The number of hydrogen-bond donors (Lipinski definition) is 0. The van der Waals surface area contributed by atoms with Gasteiger partial charge in [-0.2, -0.15) is 0 Å². The Labute approximate surface area is 94.1 Å². The first-order chi connectivity index (χ1) is 7.83. The lowest BCUT2D eigenvalue weighted by atomic mass is 10.2. The van der Waals surface area contributed by atoms with E-state index in [1.165, 1.54) is 0 Å². The summed E-state index contributed by atoms with van der Waals surface area (Å²) in [4.78, 5) is 10.7. The molecule has 4 nitrogen and oxygen atoms in total. The average molecular weight is 222 g/mol. The lowest BCUT2D eigenvalue weighted by Crippen LogP contribution is -2.14. The summed E-state index contributed by atoms with van der Waals surface area (Å²) in [6.07, 6.45) is 2.42. The standard InChI is InChI=1S/C12H14O4/c1-14-10-5-4-9(8-13)7-11(10)16-12-3-2-6-15-12/h4-5,7-8,12H,2-3,6H2,1H3. The lowest BCUT2D eigenvalue weighted by Gasteiger charge is -2.15. The highest BCUT2D eigenvalue weighted by Crippen LogP contribution is 2.30. The molecule has 1 atom stereocenters. The van der Waals surface area contributed by atoms with E-state index in [2.05, 4.69) is 0 Å². The summed E-state index contributed by atoms with van der Waals surface area (Å²) in [7, 11) is 1.57. The van der Waals surface area contributed by atoms with Gasteiger partial charge in [-0.3, -0.25) is 4.79 Å². The highest BCUT2D eigenvalue weighted by atomic mass is 16.7. The molecule has 1 aromatic rings. The largest absolute Gasteiger partial charge is 0.493 e. The van der Waals surface area contributed by atoms with Gasteiger partial charge in [0.15, 0.2) is 17.8 Å². The Morgan fingerprint density at radius 2 is 2.31 bits per heavy atom. The second-order valence-electron chi connectivity index (χ2n) is 3.59. The van der Waals surface area contributed by atoms with Crippen LogP contribution >= 0.6 is 0 Å². The smallest absolute Gasteiger partial charge is 0.200 e. The van der Waals surface area contributed by atoms with Gasteiger partial charge >= 0.3 is 0 Å². The van der Waals surface area contributed by atoms with Gasteiger partial charge in [-0.25, -0.2) is 0 Å². The van der Waals surface area contributed by atoms with Crippen LogP contribution in [-0.4, -0.2) is 26.3 Å². The fourth-order valence-electron chi connectivity index (χ4n) is 1.64. The number of carbonyl (C=O) groups is 1. The lowest BCUT2D eigenvalue weighted by molar-refractivity contribution is -0.0402. The molecular formula is C12H14O4. The van der Waals surface area contributed by atoms with Crippen molar-refractivity contribution < 1.29 is 19.0 Å². The molecule has 0 aromatic heterocycles. The van der Waals surface area contributed by atoms with Gasteiger partial charge in [0, 0.05) is 12.0 Å². The summed E-state index contributed by atoms with van der Waals surface area (Å²) in [5, 5.41) is 0. The second-order valence-corrected chi connectivity index (χ2v) is 3.59. The van der Waals surface area contributed by atoms with Crippen molar-refractivity contribution in [2.45, 2.75) is 19.1 Å². The fraction of sp³-hybridized carbons (Fsp3) is 0.417. The second kappa shape index (κ2) is 4.99. The number of methoxy groups -OCH3 is 1. The van der Waals surface area contributed by atoms with Crippen LogP contribution in [0.5, 0.6) is 11.5 Å². The molecule has 2 rings (SSSR count). The molecule has 0 amide bonds. The summed E-state index contributed by atoms with van der Waals surface area (Å²) in [6, 6.07) is 5.07. The Bertz CT molecular complexity index is 369. The molecular weight excluding hydrogens is 208 g/mol. The molecule has 16 heavy (non-hydrogen) atoms. The highest BCUT2D eigenvalue weighted by molar-refractivity contribution is 5.76. The van der Waals surface area contributed by atoms with E-state index in [4.69, 9.17) is 14.2 Å². The van der Waals surface area contributed by atoms with Crippen molar-refractivity contribution in [3.63, 3.8) is 0 Å². The minimum absolute atomic E-state index is 0.226. The maximum absolute atomic E-state index is 10.7. The van der Waals surface area contributed by atoms with Crippen LogP contribution in [0.4, 0.5) is 0 Å². The predicted molar refractivity (Wildman–Crippen MR) is 58.0 cm³/mol. The minimum Gasteiger partial charge on any atom is -0.493 e. The zero-order valence-electron chi connectivity index (χ0n) is 9.14. The molecule has 1 fully saturated rings. The topological polar surface area (TPSA) is 44.8 Å². The third kappa shape index (κ3) is 2.33. The Balaban J connectivity index is 2.18. The quantitative estimate of drug-likeness (QED) is 0.731. The predicted octanol–water partition coefficient (Wildman–Crippen LogP) is 2.02. The molecule has 0 radical (unpaired) electrons. The first kappa shape index (κ1) is 11.0. The summed E-state index contributed by atoms with van der Waals surface area (Å²) in [6.45, 7) is 0.723. The van der Waals surface area contributed by atoms with Crippen molar-refractivity contribution in [3.05, 3.63) is 23.8 Å². The molecule has 1 heterocycles. The van der Waals surface area contributed by atoms with E-state index in [9.17, 15) is 4.79 Å². The van der Waals surface area contributed by atoms with Crippen LogP contribution in [0.25, 0.3) is 0 Å². The van der Waals surface area contributed by atoms with Crippen molar-refractivity contribution >= 4 is 6.29 Å². The van der Waals surface area contributed by atoms with Gasteiger partial charge in [0.1, 0.15) is 6.29 Å². The molecule has 1 aliphatic rings. The molecule has 1 aromatic carbocycles. The number of rotatable bonds is 4. The molecule has 86 valence electrons. The maximum atomic E-state index is 10.7. The molecule has 0 N–H and O–H groups in total. The van der Waals surface area contributed by atoms with Crippen molar-refractivity contribution in [1.82, 2.24) is 0 Å². The molecule has 0 spiro atoms. The number of aldehydes is 1. The van der Waals surface area contributed by atoms with Crippen molar-refractivity contribution in [2.75, 3.05) is 13.7 Å². The summed E-state index contributed by atoms with van der Waals surface area (Å²) >= 11 is 0. The van der Waals surface area contributed by atoms with Gasteiger partial charge in [0.2, 0.25) is 0 Å². The molecule has 1 saturated heterocycles. The van der Waals surface area contributed by atoms with Crippen LogP contribution in [0.2, 0.25) is 0 Å². The summed E-state index contributed by atoms with van der Waals surface area (Å²) < 4.78 is 16.2. The van der Waals surface area contributed by atoms with Crippen LogP contribution in [-0.2, 0) is 4.74 Å². The van der Waals surface area contributed by atoms with Crippen molar-refractivity contribution in [1.29, 1.82) is 0 Å². The van der Waals surface area contributed by atoms with Crippen LogP contribution in [0.15, 0.2) is 18.2 Å². The molecule has 1 unspecified atom stereocenters. The van der Waals surface area contributed by atoms with Crippen LogP contribution in [0.1, 0.15) is 23.2 Å². The SMILES string of the molecule is COc1ccc(C=O)cc1OC1CCCO1. The third-order valence-electron chi connectivity index (χ3n) is 2.47. The number of benzene rings is 1. The first-order valence-electron chi connectivity index (χ1n) is 5.25. The monoisotopic (exact) mass is 222 g/mol. The Kier molecular flexibility index (Phi) is 3.41.